The molecular formula is C23H35N5O2. The molecule has 4 bridgehead atoms. The standard InChI is InChI=1S/C23H35N5O2/c1-27(16-23-10-17-7-18(11-23)9-19(8-17)12-23)22(29)15-28-5-6-30-20(14-28)13-24-21-3-2-4-25-26-21/h2-4,17-20H,5-16H2,1H3,(H,24,26). The quantitative estimate of drug-likeness (QED) is 0.739. The molecule has 1 amide bonds. The Balaban J connectivity index is 1.11. The zero-order valence-corrected chi connectivity index (χ0v) is 18.1. The second-order valence-electron chi connectivity index (χ2n) is 10.4. The second kappa shape index (κ2) is 8.42. The third kappa shape index (κ3) is 4.47. The maximum absolute atomic E-state index is 13.0. The fourth-order valence-electron chi connectivity index (χ4n) is 7.05. The maximum Gasteiger partial charge on any atom is 0.236 e. The van der Waals surface area contributed by atoms with E-state index in [1.807, 2.05) is 24.1 Å². The molecule has 1 saturated heterocycles. The van der Waals surface area contributed by atoms with Gasteiger partial charge in [0.1, 0.15) is 5.82 Å². The lowest BCUT2D eigenvalue weighted by atomic mass is 9.49. The molecule has 4 aliphatic carbocycles. The molecule has 0 spiro atoms. The van der Waals surface area contributed by atoms with E-state index in [9.17, 15) is 4.79 Å². The minimum Gasteiger partial charge on any atom is -0.374 e. The van der Waals surface area contributed by atoms with Crippen LogP contribution >= 0.6 is 0 Å². The summed E-state index contributed by atoms with van der Waals surface area (Å²) in [4.78, 5) is 17.3. The van der Waals surface area contributed by atoms with Crippen molar-refractivity contribution in [2.24, 2.45) is 23.2 Å². The Hall–Kier alpha value is -1.73. The molecule has 164 valence electrons. The van der Waals surface area contributed by atoms with Crippen molar-refractivity contribution in [1.82, 2.24) is 20.0 Å². The van der Waals surface area contributed by atoms with Crippen molar-refractivity contribution < 1.29 is 9.53 Å². The normalized spacial score (nSPS) is 35.4. The van der Waals surface area contributed by atoms with Crippen molar-refractivity contribution in [2.75, 3.05) is 51.7 Å². The van der Waals surface area contributed by atoms with Crippen LogP contribution in [0.5, 0.6) is 0 Å². The number of morpholine rings is 1. The summed E-state index contributed by atoms with van der Waals surface area (Å²) in [5.41, 5.74) is 0.410. The van der Waals surface area contributed by atoms with Crippen molar-refractivity contribution in [3.63, 3.8) is 0 Å². The number of anilines is 1. The van der Waals surface area contributed by atoms with E-state index in [0.29, 0.717) is 25.1 Å². The molecule has 30 heavy (non-hydrogen) atoms. The molecule has 1 unspecified atom stereocenters. The minimum atomic E-state index is 0.0574. The molecule has 1 aromatic rings. The van der Waals surface area contributed by atoms with E-state index in [2.05, 4.69) is 20.4 Å². The number of ether oxygens (including phenoxy) is 1. The van der Waals surface area contributed by atoms with Gasteiger partial charge in [0.25, 0.3) is 0 Å². The molecular weight excluding hydrogens is 378 g/mol. The van der Waals surface area contributed by atoms with Gasteiger partial charge in [-0.05, 0) is 73.8 Å². The Labute approximate surface area is 179 Å². The van der Waals surface area contributed by atoms with Crippen LogP contribution in [0.3, 0.4) is 0 Å². The first-order valence-corrected chi connectivity index (χ1v) is 11.7. The summed E-state index contributed by atoms with van der Waals surface area (Å²) in [6.07, 6.45) is 10.1. The van der Waals surface area contributed by atoms with Crippen LogP contribution in [0.2, 0.25) is 0 Å². The Morgan fingerprint density at radius 1 is 1.27 bits per heavy atom. The Morgan fingerprint density at radius 2 is 2.00 bits per heavy atom. The van der Waals surface area contributed by atoms with Gasteiger partial charge in [0.05, 0.1) is 19.3 Å². The number of hydrogen-bond acceptors (Lipinski definition) is 6. The van der Waals surface area contributed by atoms with Crippen LogP contribution in [-0.4, -0.2) is 78.4 Å². The predicted molar refractivity (Wildman–Crippen MR) is 115 cm³/mol. The van der Waals surface area contributed by atoms with Gasteiger partial charge in [-0.2, -0.15) is 5.10 Å². The largest absolute Gasteiger partial charge is 0.374 e. The monoisotopic (exact) mass is 413 g/mol. The smallest absolute Gasteiger partial charge is 0.236 e. The SMILES string of the molecule is CN(CC12CC3CC(CC(C3)C1)C2)C(=O)CN1CCOC(CNc2cccnn2)C1. The highest BCUT2D eigenvalue weighted by Gasteiger charge is 2.51. The average molecular weight is 414 g/mol. The molecule has 2 heterocycles. The van der Waals surface area contributed by atoms with Crippen LogP contribution in [0.4, 0.5) is 5.82 Å². The fraction of sp³-hybridized carbons (Fsp3) is 0.783. The zero-order valence-electron chi connectivity index (χ0n) is 18.1. The summed E-state index contributed by atoms with van der Waals surface area (Å²) in [5.74, 6) is 3.81. The average Bonchev–Trinajstić information content (AvgIpc) is 2.72. The molecule has 4 saturated carbocycles. The van der Waals surface area contributed by atoms with E-state index in [1.54, 1.807) is 6.20 Å². The molecule has 5 aliphatic rings. The lowest BCUT2D eigenvalue weighted by molar-refractivity contribution is -0.138. The summed E-state index contributed by atoms with van der Waals surface area (Å²) >= 11 is 0. The molecule has 1 N–H and O–H groups in total. The molecule has 7 nitrogen and oxygen atoms in total. The highest BCUT2D eigenvalue weighted by Crippen LogP contribution is 2.60. The van der Waals surface area contributed by atoms with Gasteiger partial charge < -0.3 is 15.0 Å². The van der Waals surface area contributed by atoms with E-state index in [0.717, 1.165) is 43.2 Å². The van der Waals surface area contributed by atoms with Gasteiger partial charge in [0, 0.05) is 39.4 Å². The molecule has 6 rings (SSSR count). The Morgan fingerprint density at radius 3 is 2.67 bits per heavy atom. The molecule has 0 aromatic carbocycles. The lowest BCUT2D eigenvalue weighted by Gasteiger charge is -2.57. The van der Waals surface area contributed by atoms with E-state index >= 15 is 0 Å². The fourth-order valence-corrected chi connectivity index (χ4v) is 7.05. The first-order chi connectivity index (χ1) is 14.6. The number of hydrogen-bond donors (Lipinski definition) is 1. The van der Waals surface area contributed by atoms with Gasteiger partial charge >= 0.3 is 0 Å². The van der Waals surface area contributed by atoms with Crippen molar-refractivity contribution in [1.29, 1.82) is 0 Å². The molecule has 5 fully saturated rings. The number of aromatic nitrogens is 2. The van der Waals surface area contributed by atoms with Crippen LogP contribution in [0.15, 0.2) is 18.3 Å². The van der Waals surface area contributed by atoms with Crippen molar-refractivity contribution in [3.8, 4) is 0 Å². The van der Waals surface area contributed by atoms with Gasteiger partial charge in [0.2, 0.25) is 5.91 Å². The summed E-state index contributed by atoms with van der Waals surface area (Å²) in [5, 5.41) is 11.2. The third-order valence-electron chi connectivity index (χ3n) is 7.83. The van der Waals surface area contributed by atoms with Gasteiger partial charge in [-0.15, -0.1) is 5.10 Å². The zero-order chi connectivity index (χ0) is 20.6. The first-order valence-electron chi connectivity index (χ1n) is 11.7. The van der Waals surface area contributed by atoms with Crippen molar-refractivity contribution >= 4 is 11.7 Å². The van der Waals surface area contributed by atoms with E-state index in [-0.39, 0.29) is 12.0 Å². The molecule has 1 aliphatic heterocycles. The first kappa shape index (κ1) is 20.2. The number of carbonyl (C=O) groups excluding carboxylic acids is 1. The van der Waals surface area contributed by atoms with Crippen LogP contribution in [0.25, 0.3) is 0 Å². The Bertz CT molecular complexity index is 707. The van der Waals surface area contributed by atoms with E-state index in [1.165, 1.54) is 38.5 Å². The minimum absolute atomic E-state index is 0.0574. The highest BCUT2D eigenvalue weighted by molar-refractivity contribution is 5.78. The number of likely N-dealkylation sites (N-methyl/N-ethyl adjacent to an activating group) is 1. The lowest BCUT2D eigenvalue weighted by Crippen LogP contribution is -2.53. The van der Waals surface area contributed by atoms with Gasteiger partial charge in [-0.25, -0.2) is 0 Å². The van der Waals surface area contributed by atoms with Gasteiger partial charge in [-0.1, -0.05) is 0 Å². The topological polar surface area (TPSA) is 70.6 Å². The predicted octanol–water partition coefficient (Wildman–Crippen LogP) is 2.26. The number of amides is 1. The second-order valence-corrected chi connectivity index (χ2v) is 10.4. The molecule has 1 aromatic heterocycles. The molecule has 7 heteroatoms. The third-order valence-corrected chi connectivity index (χ3v) is 7.83. The molecule has 0 radical (unpaired) electrons. The van der Waals surface area contributed by atoms with E-state index in [4.69, 9.17) is 4.74 Å². The van der Waals surface area contributed by atoms with Crippen LogP contribution in [0, 0.1) is 23.2 Å². The molecule has 1 atom stereocenters. The van der Waals surface area contributed by atoms with E-state index < -0.39 is 0 Å². The summed E-state index contributed by atoms with van der Waals surface area (Å²) in [7, 11) is 2.02. The van der Waals surface area contributed by atoms with Crippen LogP contribution in [-0.2, 0) is 9.53 Å². The number of nitrogens with one attached hydrogen (secondary N) is 1. The van der Waals surface area contributed by atoms with Crippen LogP contribution < -0.4 is 5.32 Å². The highest BCUT2D eigenvalue weighted by atomic mass is 16.5. The summed E-state index contributed by atoms with van der Waals surface area (Å²) < 4.78 is 5.89. The number of rotatable bonds is 7. The Kier molecular flexibility index (Phi) is 5.67. The summed E-state index contributed by atoms with van der Waals surface area (Å²) in [6, 6.07) is 3.76. The summed E-state index contributed by atoms with van der Waals surface area (Å²) in [6.45, 7) is 4.37. The van der Waals surface area contributed by atoms with Crippen molar-refractivity contribution in [3.05, 3.63) is 18.3 Å². The van der Waals surface area contributed by atoms with Crippen molar-refractivity contribution in [2.45, 2.75) is 44.6 Å². The van der Waals surface area contributed by atoms with Gasteiger partial charge in [0.15, 0.2) is 0 Å². The maximum atomic E-state index is 13.0. The number of carbonyl (C=O) groups is 1. The van der Waals surface area contributed by atoms with Crippen LogP contribution in [0.1, 0.15) is 38.5 Å². The van der Waals surface area contributed by atoms with Gasteiger partial charge in [-0.3, -0.25) is 9.69 Å². The number of nitrogens with zero attached hydrogens (tertiary/aromatic N) is 4.